The number of aliphatic hydroxyl groups excluding tert-OH is 1. The van der Waals surface area contributed by atoms with Crippen LogP contribution in [0.25, 0.3) is 0 Å². The Balaban J connectivity index is 0. The van der Waals surface area contributed by atoms with Gasteiger partial charge in [0.05, 0.1) is 6.61 Å². The van der Waals surface area contributed by atoms with Crippen LogP contribution in [0.1, 0.15) is 20.8 Å². The first-order chi connectivity index (χ1) is 6.32. The summed E-state index contributed by atoms with van der Waals surface area (Å²) < 4.78 is 4.41. The van der Waals surface area contributed by atoms with Crippen molar-refractivity contribution in [3.63, 3.8) is 0 Å². The van der Waals surface area contributed by atoms with Gasteiger partial charge in [-0.2, -0.15) is 0 Å². The minimum absolute atomic E-state index is 0.323. The molecule has 0 saturated heterocycles. The number of esters is 1. The summed E-state index contributed by atoms with van der Waals surface area (Å²) in [7, 11) is 0. The summed E-state index contributed by atoms with van der Waals surface area (Å²) in [5.74, 6) is -1.54. The molecule has 0 amide bonds. The fourth-order valence-electron chi connectivity index (χ4n) is 0.263. The quantitative estimate of drug-likeness (QED) is 0.545. The average Bonchev–Trinajstić information content (AvgIpc) is 2.05. The number of halogens is 1. The van der Waals surface area contributed by atoms with Crippen LogP contribution in [-0.4, -0.2) is 40.2 Å². The Kier molecular flexibility index (Phi) is 9.81. The topological polar surface area (TPSA) is 83.8 Å². The van der Waals surface area contributed by atoms with Crippen LogP contribution >= 0.6 is 11.6 Å². The van der Waals surface area contributed by atoms with Crippen LogP contribution in [0.2, 0.25) is 0 Å². The predicted octanol–water partition coefficient (Wildman–Crippen LogP) is 0.629. The molecule has 0 rings (SSSR count). The summed E-state index contributed by atoms with van der Waals surface area (Å²) in [4.78, 5) is 19.8. The third-order valence-corrected chi connectivity index (χ3v) is 1.15. The molecule has 2 atom stereocenters. The van der Waals surface area contributed by atoms with Gasteiger partial charge in [0.2, 0.25) is 0 Å². The normalized spacial score (nSPS) is 13.2. The number of carboxylic acid groups (broad SMARTS) is 1. The zero-order valence-electron chi connectivity index (χ0n) is 8.36. The van der Waals surface area contributed by atoms with Gasteiger partial charge >= 0.3 is 11.9 Å². The SMILES string of the molecule is CC(Cl)C(=O)O.CCOC(=O)C(C)O. The van der Waals surface area contributed by atoms with Crippen LogP contribution in [0.3, 0.4) is 0 Å². The van der Waals surface area contributed by atoms with Crippen LogP contribution in [0.5, 0.6) is 0 Å². The first kappa shape index (κ1) is 15.7. The molecule has 0 saturated carbocycles. The molecule has 6 heteroatoms. The molecule has 0 aliphatic rings. The summed E-state index contributed by atoms with van der Waals surface area (Å²) in [6, 6.07) is 0. The number of carbonyl (C=O) groups excluding carboxylic acids is 1. The number of ether oxygens (including phenoxy) is 1. The molecule has 0 aromatic carbocycles. The Morgan fingerprint density at radius 3 is 1.86 bits per heavy atom. The van der Waals surface area contributed by atoms with Gasteiger partial charge in [-0.3, -0.25) is 4.79 Å². The third-order valence-electron chi connectivity index (χ3n) is 0.968. The van der Waals surface area contributed by atoms with Gasteiger partial charge < -0.3 is 14.9 Å². The average molecular weight is 227 g/mol. The van der Waals surface area contributed by atoms with Crippen molar-refractivity contribution in [1.29, 1.82) is 0 Å². The number of rotatable bonds is 3. The number of hydrogen-bond donors (Lipinski definition) is 2. The second-order valence-electron chi connectivity index (χ2n) is 2.38. The molecule has 0 bridgehead atoms. The monoisotopic (exact) mass is 226 g/mol. The Bertz CT molecular complexity index is 179. The van der Waals surface area contributed by atoms with E-state index in [2.05, 4.69) is 4.74 Å². The van der Waals surface area contributed by atoms with Crippen LogP contribution in [0.4, 0.5) is 0 Å². The number of aliphatic carboxylic acids is 1. The molecular weight excluding hydrogens is 212 g/mol. The molecule has 14 heavy (non-hydrogen) atoms. The zero-order valence-corrected chi connectivity index (χ0v) is 9.11. The van der Waals surface area contributed by atoms with E-state index in [0.717, 1.165) is 0 Å². The molecule has 0 radical (unpaired) electrons. The van der Waals surface area contributed by atoms with E-state index in [-0.39, 0.29) is 0 Å². The highest BCUT2D eigenvalue weighted by Gasteiger charge is 2.07. The first-order valence-corrected chi connectivity index (χ1v) is 4.48. The van der Waals surface area contributed by atoms with Crippen molar-refractivity contribution in [3.8, 4) is 0 Å². The highest BCUT2D eigenvalue weighted by atomic mass is 35.5. The lowest BCUT2D eigenvalue weighted by molar-refractivity contribution is -0.151. The molecule has 0 aromatic rings. The number of carbonyl (C=O) groups is 2. The van der Waals surface area contributed by atoms with E-state index in [1.807, 2.05) is 0 Å². The minimum atomic E-state index is -0.991. The van der Waals surface area contributed by atoms with Crippen LogP contribution < -0.4 is 0 Å². The van der Waals surface area contributed by atoms with E-state index < -0.39 is 23.4 Å². The fraction of sp³-hybridized carbons (Fsp3) is 0.750. The van der Waals surface area contributed by atoms with Crippen molar-refractivity contribution >= 4 is 23.5 Å². The van der Waals surface area contributed by atoms with E-state index in [0.29, 0.717) is 6.61 Å². The number of carboxylic acids is 1. The Morgan fingerprint density at radius 2 is 1.79 bits per heavy atom. The highest BCUT2D eigenvalue weighted by molar-refractivity contribution is 6.29. The van der Waals surface area contributed by atoms with E-state index in [1.54, 1.807) is 6.92 Å². The van der Waals surface area contributed by atoms with Crippen LogP contribution in [-0.2, 0) is 14.3 Å². The molecule has 2 N–H and O–H groups in total. The third kappa shape index (κ3) is 11.2. The maximum Gasteiger partial charge on any atom is 0.334 e. The zero-order chi connectivity index (χ0) is 11.7. The Labute approximate surface area is 87.6 Å². The van der Waals surface area contributed by atoms with Gasteiger partial charge in [0.15, 0.2) is 0 Å². The van der Waals surface area contributed by atoms with Crippen molar-refractivity contribution in [2.75, 3.05) is 6.61 Å². The van der Waals surface area contributed by atoms with Gasteiger partial charge in [0.1, 0.15) is 11.5 Å². The summed E-state index contributed by atoms with van der Waals surface area (Å²) in [5.41, 5.74) is 0. The molecule has 2 unspecified atom stereocenters. The van der Waals surface area contributed by atoms with E-state index in [1.165, 1.54) is 13.8 Å². The van der Waals surface area contributed by atoms with Crippen molar-refractivity contribution in [2.24, 2.45) is 0 Å². The van der Waals surface area contributed by atoms with Crippen molar-refractivity contribution in [2.45, 2.75) is 32.3 Å². The summed E-state index contributed by atoms with van der Waals surface area (Å²) in [6.45, 7) is 4.80. The predicted molar refractivity (Wildman–Crippen MR) is 51.3 cm³/mol. The van der Waals surface area contributed by atoms with Gasteiger partial charge in [-0.1, -0.05) is 0 Å². The number of aliphatic hydroxyl groups is 1. The molecule has 0 heterocycles. The molecule has 0 spiro atoms. The van der Waals surface area contributed by atoms with Crippen molar-refractivity contribution in [3.05, 3.63) is 0 Å². The van der Waals surface area contributed by atoms with Crippen molar-refractivity contribution in [1.82, 2.24) is 0 Å². The minimum Gasteiger partial charge on any atom is -0.480 e. The Hall–Kier alpha value is -0.810. The summed E-state index contributed by atoms with van der Waals surface area (Å²) in [6.07, 6.45) is -0.991. The smallest absolute Gasteiger partial charge is 0.334 e. The maximum absolute atomic E-state index is 10.3. The highest BCUT2D eigenvalue weighted by Crippen LogP contribution is 1.89. The largest absolute Gasteiger partial charge is 0.480 e. The molecule has 0 aromatic heterocycles. The van der Waals surface area contributed by atoms with E-state index >= 15 is 0 Å². The first-order valence-electron chi connectivity index (χ1n) is 4.04. The van der Waals surface area contributed by atoms with Gasteiger partial charge in [-0.05, 0) is 20.8 Å². The second-order valence-corrected chi connectivity index (χ2v) is 3.04. The lowest BCUT2D eigenvalue weighted by Gasteiger charge is -2.01. The number of alkyl halides is 1. The maximum atomic E-state index is 10.3. The second kappa shape index (κ2) is 8.77. The lowest BCUT2D eigenvalue weighted by Crippen LogP contribution is -2.18. The molecule has 0 fully saturated rings. The lowest BCUT2D eigenvalue weighted by atomic mass is 10.4. The van der Waals surface area contributed by atoms with Gasteiger partial charge in [-0.15, -0.1) is 11.6 Å². The molecular formula is C8H15ClO5. The van der Waals surface area contributed by atoms with Crippen molar-refractivity contribution < 1.29 is 24.5 Å². The van der Waals surface area contributed by atoms with Crippen LogP contribution in [0, 0.1) is 0 Å². The summed E-state index contributed by atoms with van der Waals surface area (Å²) >= 11 is 5.01. The molecule has 0 aliphatic heterocycles. The number of hydrogen-bond acceptors (Lipinski definition) is 4. The van der Waals surface area contributed by atoms with E-state index in [9.17, 15) is 9.59 Å². The fourth-order valence-corrected chi connectivity index (χ4v) is 0.263. The summed E-state index contributed by atoms with van der Waals surface area (Å²) in [5, 5.41) is 15.6. The van der Waals surface area contributed by atoms with Gasteiger partial charge in [-0.25, -0.2) is 4.79 Å². The van der Waals surface area contributed by atoms with Crippen LogP contribution in [0.15, 0.2) is 0 Å². The molecule has 0 aliphatic carbocycles. The Morgan fingerprint density at radius 1 is 1.43 bits per heavy atom. The van der Waals surface area contributed by atoms with Gasteiger partial charge in [0.25, 0.3) is 0 Å². The molecule has 84 valence electrons. The van der Waals surface area contributed by atoms with Gasteiger partial charge in [0, 0.05) is 0 Å². The van der Waals surface area contributed by atoms with E-state index in [4.69, 9.17) is 21.8 Å². The molecule has 5 nitrogen and oxygen atoms in total. The standard InChI is InChI=1S/C5H10O3.C3H5ClO2/c1-3-8-5(7)4(2)6;1-2(4)3(5)6/h4,6H,3H2,1-2H3;2H,1H3,(H,5,6).